The summed E-state index contributed by atoms with van der Waals surface area (Å²) in [5.74, 6) is 1.21. The zero-order chi connectivity index (χ0) is 15.5. The van der Waals surface area contributed by atoms with E-state index in [0.29, 0.717) is 11.6 Å². The topological polar surface area (TPSA) is 52.6 Å². The molecule has 2 aliphatic rings. The van der Waals surface area contributed by atoms with Gasteiger partial charge in [-0.1, -0.05) is 11.6 Å². The molecular weight excluding hydrogens is 320 g/mol. The van der Waals surface area contributed by atoms with Crippen molar-refractivity contribution in [3.8, 4) is 0 Å². The van der Waals surface area contributed by atoms with Gasteiger partial charge in [-0.15, -0.1) is 11.8 Å². The Morgan fingerprint density at radius 3 is 3.14 bits per heavy atom. The first kappa shape index (κ1) is 16.0. The van der Waals surface area contributed by atoms with Gasteiger partial charge in [-0.3, -0.25) is 0 Å². The minimum Gasteiger partial charge on any atom is -0.396 e. The number of amides is 2. The van der Waals surface area contributed by atoms with E-state index in [9.17, 15) is 9.90 Å². The van der Waals surface area contributed by atoms with Crippen LogP contribution in [0, 0.1) is 5.92 Å². The molecule has 1 fully saturated rings. The van der Waals surface area contributed by atoms with Crippen molar-refractivity contribution in [1.82, 2.24) is 10.2 Å². The second kappa shape index (κ2) is 7.11. The van der Waals surface area contributed by atoms with Crippen molar-refractivity contribution in [3.05, 3.63) is 28.8 Å². The Bertz CT molecular complexity index is 555. The van der Waals surface area contributed by atoms with Gasteiger partial charge in [0.05, 0.1) is 6.04 Å². The van der Waals surface area contributed by atoms with E-state index >= 15 is 0 Å². The number of hydrogen-bond acceptors (Lipinski definition) is 3. The first-order valence-electron chi connectivity index (χ1n) is 7.76. The first-order chi connectivity index (χ1) is 10.7. The van der Waals surface area contributed by atoms with Crippen molar-refractivity contribution >= 4 is 29.4 Å². The largest absolute Gasteiger partial charge is 0.396 e. The normalized spacial score (nSPS) is 24.7. The van der Waals surface area contributed by atoms with Crippen molar-refractivity contribution in [2.45, 2.75) is 30.2 Å². The average Bonchev–Trinajstić information content (AvgIpc) is 2.55. The maximum Gasteiger partial charge on any atom is 0.317 e. The SMILES string of the molecule is O=C(NC1CCSc2ccc(Cl)cc21)N1CCCC(CO)C1. The molecular formula is C16H21ClN2O2S. The van der Waals surface area contributed by atoms with Crippen LogP contribution in [0.3, 0.4) is 0 Å². The van der Waals surface area contributed by atoms with Crippen molar-refractivity contribution in [3.63, 3.8) is 0 Å². The number of urea groups is 1. The van der Waals surface area contributed by atoms with Gasteiger partial charge in [0, 0.05) is 35.4 Å². The fourth-order valence-corrected chi connectivity index (χ4v) is 4.44. The number of thioether (sulfide) groups is 1. The smallest absolute Gasteiger partial charge is 0.317 e. The molecule has 2 N–H and O–H groups in total. The average molecular weight is 341 g/mol. The summed E-state index contributed by atoms with van der Waals surface area (Å²) >= 11 is 7.92. The standard InChI is InChI=1S/C16H21ClN2O2S/c17-12-3-4-15-13(8-12)14(5-7-22-15)18-16(21)19-6-1-2-11(9-19)10-20/h3-4,8,11,14,20H,1-2,5-7,9-10H2,(H,18,21). The van der Waals surface area contributed by atoms with Crippen molar-refractivity contribution in [1.29, 1.82) is 0 Å². The number of rotatable bonds is 2. The lowest BCUT2D eigenvalue weighted by Gasteiger charge is -2.34. The van der Waals surface area contributed by atoms with Crippen molar-refractivity contribution in [2.75, 3.05) is 25.4 Å². The highest BCUT2D eigenvalue weighted by molar-refractivity contribution is 7.99. The van der Waals surface area contributed by atoms with Crippen LogP contribution in [0.25, 0.3) is 0 Å². The first-order valence-corrected chi connectivity index (χ1v) is 9.12. The molecule has 0 bridgehead atoms. The van der Waals surface area contributed by atoms with Crippen LogP contribution in [0.1, 0.15) is 30.9 Å². The molecule has 0 radical (unpaired) electrons. The number of nitrogens with zero attached hydrogens (tertiary/aromatic N) is 1. The van der Waals surface area contributed by atoms with E-state index in [-0.39, 0.29) is 24.6 Å². The number of hydrogen-bond donors (Lipinski definition) is 2. The Labute approximate surface area is 140 Å². The summed E-state index contributed by atoms with van der Waals surface area (Å²) in [5.41, 5.74) is 1.12. The molecule has 6 heteroatoms. The summed E-state index contributed by atoms with van der Waals surface area (Å²) < 4.78 is 0. The molecule has 0 spiro atoms. The number of carbonyl (C=O) groups is 1. The number of aliphatic hydroxyl groups is 1. The minimum atomic E-state index is -0.0269. The maximum absolute atomic E-state index is 12.5. The number of piperidine rings is 1. The Kier molecular flexibility index (Phi) is 5.16. The van der Waals surface area contributed by atoms with Crippen LogP contribution in [0.4, 0.5) is 4.79 Å². The summed E-state index contributed by atoms with van der Waals surface area (Å²) in [6, 6.07) is 5.89. The highest BCUT2D eigenvalue weighted by Gasteiger charge is 2.27. The second-order valence-electron chi connectivity index (χ2n) is 5.96. The summed E-state index contributed by atoms with van der Waals surface area (Å²) in [6.07, 6.45) is 2.88. The molecule has 4 nitrogen and oxygen atoms in total. The van der Waals surface area contributed by atoms with Crippen LogP contribution in [0.2, 0.25) is 5.02 Å². The van der Waals surface area contributed by atoms with E-state index in [0.717, 1.165) is 37.1 Å². The third-order valence-electron chi connectivity index (χ3n) is 4.37. The van der Waals surface area contributed by atoms with Gasteiger partial charge >= 0.3 is 6.03 Å². The number of halogens is 1. The Hall–Kier alpha value is -0.910. The number of likely N-dealkylation sites (tertiary alicyclic amines) is 1. The quantitative estimate of drug-likeness (QED) is 0.868. The van der Waals surface area contributed by atoms with E-state index < -0.39 is 0 Å². The molecule has 0 aliphatic carbocycles. The van der Waals surface area contributed by atoms with Crippen LogP contribution >= 0.6 is 23.4 Å². The summed E-state index contributed by atoms with van der Waals surface area (Å²) in [4.78, 5) is 15.5. The van der Waals surface area contributed by atoms with Gasteiger partial charge < -0.3 is 15.3 Å². The molecule has 22 heavy (non-hydrogen) atoms. The van der Waals surface area contributed by atoms with Crippen LogP contribution in [0.5, 0.6) is 0 Å². The zero-order valence-corrected chi connectivity index (χ0v) is 14.0. The van der Waals surface area contributed by atoms with Gasteiger partial charge in [-0.25, -0.2) is 4.79 Å². The minimum absolute atomic E-state index is 0.0250. The van der Waals surface area contributed by atoms with Crippen LogP contribution in [-0.2, 0) is 0 Å². The fraction of sp³-hybridized carbons (Fsp3) is 0.562. The molecule has 1 saturated heterocycles. The molecule has 1 aromatic rings. The van der Waals surface area contributed by atoms with Gasteiger partial charge in [0.15, 0.2) is 0 Å². The molecule has 1 aromatic carbocycles. The van der Waals surface area contributed by atoms with E-state index in [2.05, 4.69) is 5.32 Å². The van der Waals surface area contributed by atoms with Gasteiger partial charge in [0.1, 0.15) is 0 Å². The second-order valence-corrected chi connectivity index (χ2v) is 7.53. The van der Waals surface area contributed by atoms with Crippen LogP contribution in [0.15, 0.2) is 23.1 Å². The van der Waals surface area contributed by atoms with Crippen LogP contribution in [-0.4, -0.2) is 41.5 Å². The summed E-state index contributed by atoms with van der Waals surface area (Å²) in [7, 11) is 0. The fourth-order valence-electron chi connectivity index (χ4n) is 3.15. The number of fused-ring (bicyclic) bond motifs is 1. The van der Waals surface area contributed by atoms with Crippen molar-refractivity contribution < 1.29 is 9.90 Å². The molecule has 0 saturated carbocycles. The lowest BCUT2D eigenvalue weighted by atomic mass is 9.99. The molecule has 120 valence electrons. The van der Waals surface area contributed by atoms with E-state index in [1.165, 1.54) is 4.90 Å². The molecule has 2 atom stereocenters. The Morgan fingerprint density at radius 1 is 1.45 bits per heavy atom. The number of carbonyl (C=O) groups excluding carboxylic acids is 1. The van der Waals surface area contributed by atoms with E-state index in [1.807, 2.05) is 34.9 Å². The highest BCUT2D eigenvalue weighted by atomic mass is 35.5. The van der Waals surface area contributed by atoms with Crippen LogP contribution < -0.4 is 5.32 Å². The van der Waals surface area contributed by atoms with Crippen molar-refractivity contribution in [2.24, 2.45) is 5.92 Å². The molecule has 2 aliphatic heterocycles. The molecule has 2 heterocycles. The molecule has 2 unspecified atom stereocenters. The van der Waals surface area contributed by atoms with E-state index in [4.69, 9.17) is 11.6 Å². The molecule has 0 aromatic heterocycles. The monoisotopic (exact) mass is 340 g/mol. The lowest BCUT2D eigenvalue weighted by Crippen LogP contribution is -2.47. The number of benzene rings is 1. The zero-order valence-electron chi connectivity index (χ0n) is 12.4. The summed E-state index contributed by atoms with van der Waals surface area (Å²) in [5, 5.41) is 13.2. The van der Waals surface area contributed by atoms with Gasteiger partial charge in [0.2, 0.25) is 0 Å². The van der Waals surface area contributed by atoms with E-state index in [1.54, 1.807) is 0 Å². The Balaban J connectivity index is 1.69. The molecule has 2 amide bonds. The highest BCUT2D eigenvalue weighted by Crippen LogP contribution is 2.37. The maximum atomic E-state index is 12.5. The summed E-state index contributed by atoms with van der Waals surface area (Å²) in [6.45, 7) is 1.57. The predicted octanol–water partition coefficient (Wildman–Crippen LogP) is 3.29. The molecule has 3 rings (SSSR count). The van der Waals surface area contributed by atoms with Gasteiger partial charge in [-0.05, 0) is 48.9 Å². The number of nitrogens with one attached hydrogen (secondary N) is 1. The third kappa shape index (κ3) is 3.53. The van der Waals surface area contributed by atoms with Gasteiger partial charge in [0.25, 0.3) is 0 Å². The predicted molar refractivity (Wildman–Crippen MR) is 89.4 cm³/mol. The lowest BCUT2D eigenvalue weighted by molar-refractivity contribution is 0.127. The Morgan fingerprint density at radius 2 is 2.32 bits per heavy atom. The third-order valence-corrected chi connectivity index (χ3v) is 5.73. The van der Waals surface area contributed by atoms with Gasteiger partial charge in [-0.2, -0.15) is 0 Å². The number of aliphatic hydroxyl groups excluding tert-OH is 1.